The summed E-state index contributed by atoms with van der Waals surface area (Å²) < 4.78 is 22.2. The van der Waals surface area contributed by atoms with Crippen LogP contribution < -0.4 is 14.2 Å². The molecule has 0 bridgehead atoms. The molecule has 0 aliphatic carbocycles. The molecular weight excluding hydrogens is 768 g/mol. The Bertz CT molecular complexity index is 2260. The summed E-state index contributed by atoms with van der Waals surface area (Å²) in [6.07, 6.45) is 1.84. The van der Waals surface area contributed by atoms with Gasteiger partial charge in [0.1, 0.15) is 17.3 Å². The van der Waals surface area contributed by atoms with E-state index in [1.165, 1.54) is 0 Å². The zero-order valence-electron chi connectivity index (χ0n) is 27.3. The first-order valence-electron chi connectivity index (χ1n) is 15.2. The second-order valence-corrected chi connectivity index (χ2v) is 11.5. The number of para-hydroxylation sites is 1. The predicted molar refractivity (Wildman–Crippen MR) is 182 cm³/mol. The summed E-state index contributed by atoms with van der Waals surface area (Å²) in [5.74, 6) is 3.53. The van der Waals surface area contributed by atoms with Crippen molar-refractivity contribution < 1.29 is 35.3 Å². The monoisotopic (exact) mass is 801 g/mol. The van der Waals surface area contributed by atoms with Crippen LogP contribution in [0.15, 0.2) is 79.0 Å². The van der Waals surface area contributed by atoms with Crippen molar-refractivity contribution in [1.82, 2.24) is 19.3 Å². The van der Waals surface area contributed by atoms with Gasteiger partial charge >= 0.3 is 21.1 Å². The van der Waals surface area contributed by atoms with Crippen molar-refractivity contribution in [3.63, 3.8) is 0 Å². The van der Waals surface area contributed by atoms with Gasteiger partial charge in [-0.2, -0.15) is 17.2 Å². The molecule has 0 unspecified atom stereocenters. The van der Waals surface area contributed by atoms with Crippen LogP contribution >= 0.6 is 0 Å². The molecule has 0 atom stereocenters. The zero-order chi connectivity index (χ0) is 32.1. The van der Waals surface area contributed by atoms with E-state index < -0.39 is 0 Å². The molecule has 0 spiro atoms. The zero-order valence-corrected chi connectivity index (χ0v) is 29.6. The molecule has 0 saturated heterocycles. The van der Waals surface area contributed by atoms with Crippen LogP contribution in [0.25, 0.3) is 44.4 Å². The minimum atomic E-state index is 0. The Hall–Kier alpha value is -4.87. The summed E-state index contributed by atoms with van der Waals surface area (Å²) in [7, 11) is 3.38. The van der Waals surface area contributed by atoms with Gasteiger partial charge in [0.05, 0.1) is 25.5 Å². The van der Waals surface area contributed by atoms with Crippen LogP contribution in [0.2, 0.25) is 0 Å². The smallest absolute Gasteiger partial charge is 0.509 e. The Labute approximate surface area is 289 Å². The van der Waals surface area contributed by atoms with Crippen molar-refractivity contribution in [3.8, 4) is 45.6 Å². The average Bonchev–Trinajstić information content (AvgIpc) is 3.53. The molecule has 3 aromatic heterocycles. The minimum Gasteiger partial charge on any atom is -0.509 e. The van der Waals surface area contributed by atoms with Crippen LogP contribution in [-0.2, 0) is 21.1 Å². The van der Waals surface area contributed by atoms with Crippen molar-refractivity contribution in [2.24, 2.45) is 0 Å². The van der Waals surface area contributed by atoms with Gasteiger partial charge in [0.25, 0.3) is 0 Å². The van der Waals surface area contributed by atoms with E-state index in [-0.39, 0.29) is 21.1 Å². The third-order valence-corrected chi connectivity index (χ3v) is 8.44. The van der Waals surface area contributed by atoms with E-state index >= 15 is 0 Å². The molecule has 8 heteroatoms. The summed E-state index contributed by atoms with van der Waals surface area (Å²) >= 11 is 0. The minimum absolute atomic E-state index is 0. The van der Waals surface area contributed by atoms with Crippen LogP contribution in [0.5, 0.6) is 23.0 Å². The number of ether oxygens (including phenoxy) is 3. The van der Waals surface area contributed by atoms with Gasteiger partial charge in [-0.25, -0.2) is 4.98 Å². The van der Waals surface area contributed by atoms with Gasteiger partial charge in [-0.15, -0.1) is 35.7 Å². The third-order valence-electron chi connectivity index (χ3n) is 8.44. The summed E-state index contributed by atoms with van der Waals surface area (Å²) in [5.41, 5.74) is 9.59. The molecule has 0 saturated carbocycles. The van der Waals surface area contributed by atoms with E-state index in [1.807, 2.05) is 75.0 Å². The fourth-order valence-electron chi connectivity index (χ4n) is 6.50. The Kier molecular flexibility index (Phi) is 8.69. The first kappa shape index (κ1) is 32.1. The van der Waals surface area contributed by atoms with Crippen LogP contribution in [0.3, 0.4) is 0 Å². The van der Waals surface area contributed by atoms with Gasteiger partial charge in [-0.05, 0) is 86.6 Å². The molecule has 0 aliphatic rings. The number of hydrogen-bond acceptors (Lipinski definition) is 5. The van der Waals surface area contributed by atoms with E-state index in [1.54, 1.807) is 14.2 Å². The average molecular weight is 802 g/mol. The van der Waals surface area contributed by atoms with Gasteiger partial charge in [-0.3, -0.25) is 4.68 Å². The number of rotatable bonds is 7. The number of nitrogens with zero attached hydrogens (tertiary/aromatic N) is 4. The number of aromatic nitrogens is 4. The molecule has 7 nitrogen and oxygen atoms in total. The molecule has 238 valence electrons. The summed E-state index contributed by atoms with van der Waals surface area (Å²) in [6.45, 7) is 10.2. The van der Waals surface area contributed by atoms with Gasteiger partial charge in [-0.1, -0.05) is 23.7 Å². The summed E-state index contributed by atoms with van der Waals surface area (Å²) in [5, 5.41) is 7.15. The van der Waals surface area contributed by atoms with Crippen molar-refractivity contribution in [3.05, 3.63) is 119 Å². The van der Waals surface area contributed by atoms with E-state index in [4.69, 9.17) is 19.3 Å². The van der Waals surface area contributed by atoms with Crippen molar-refractivity contribution in [2.75, 3.05) is 14.2 Å². The number of methoxy groups -OCH3 is 2. The first-order chi connectivity index (χ1) is 22.3. The van der Waals surface area contributed by atoms with Gasteiger partial charge in [0.15, 0.2) is 0 Å². The normalized spacial score (nSPS) is 11.1. The van der Waals surface area contributed by atoms with E-state index in [9.17, 15) is 0 Å². The number of pyridine rings is 1. The Morgan fingerprint density at radius 2 is 1.43 bits per heavy atom. The second-order valence-electron chi connectivity index (χ2n) is 11.5. The summed E-state index contributed by atoms with van der Waals surface area (Å²) in [4.78, 5) is 4.68. The van der Waals surface area contributed by atoms with Crippen molar-refractivity contribution in [1.29, 1.82) is 0 Å². The largest absolute Gasteiger partial charge is 2.00 e. The maximum atomic E-state index is 6.40. The Morgan fingerprint density at radius 3 is 2.15 bits per heavy atom. The van der Waals surface area contributed by atoms with Crippen molar-refractivity contribution in [2.45, 2.75) is 34.6 Å². The SMILES string of the molecule is COc1c(C)cc(C)c(OC)c1-c1c(C)nn(-c2[c-]c(Oc3[c-]c4c(cc3)c3ccccc3n4-c3cc(C)ccn3)ccc2)c1C.[Pt+2]. The maximum absolute atomic E-state index is 6.40. The molecule has 0 N–H and O–H groups in total. The summed E-state index contributed by atoms with van der Waals surface area (Å²) in [6, 6.07) is 31.3. The Balaban J connectivity index is 0.00000386. The van der Waals surface area contributed by atoms with Crippen LogP contribution in [0.1, 0.15) is 28.1 Å². The molecule has 0 aliphatic heterocycles. The van der Waals surface area contributed by atoms with Gasteiger partial charge < -0.3 is 18.8 Å². The Morgan fingerprint density at radius 1 is 0.702 bits per heavy atom. The molecule has 7 aromatic rings. The molecule has 4 aromatic carbocycles. The fourth-order valence-corrected chi connectivity index (χ4v) is 6.50. The fraction of sp³-hybridized carbons (Fsp3) is 0.179. The molecule has 0 amide bonds. The molecular formula is C39H34N4O3Pt. The molecule has 3 heterocycles. The van der Waals surface area contributed by atoms with Gasteiger partial charge in [0, 0.05) is 34.5 Å². The number of hydrogen-bond donors (Lipinski definition) is 0. The predicted octanol–water partition coefficient (Wildman–Crippen LogP) is 8.98. The quantitative estimate of drug-likeness (QED) is 0.151. The third kappa shape index (κ3) is 5.49. The molecule has 7 rings (SSSR count). The van der Waals surface area contributed by atoms with E-state index in [0.29, 0.717) is 11.5 Å². The first-order valence-corrected chi connectivity index (χ1v) is 15.2. The van der Waals surface area contributed by atoms with Gasteiger partial charge in [0.2, 0.25) is 0 Å². The maximum Gasteiger partial charge on any atom is 2.00 e. The van der Waals surface area contributed by atoms with E-state index in [2.05, 4.69) is 65.0 Å². The molecule has 0 radical (unpaired) electrons. The topological polar surface area (TPSA) is 63.3 Å². The standard InChI is InChI=1S/C39H34N4O3.Pt/c1-23-17-18-40-35(19-23)42-33-14-9-8-13-31(33)32-16-15-30(22-34(32)42)46-29-12-10-11-28(21-29)43-27(5)36(26(4)41-43)37-38(44-6)24(2)20-25(3)39(37)45-7;/h8-20H,1-7H3;/q-2;+2. The van der Waals surface area contributed by atoms with Crippen LogP contribution in [0.4, 0.5) is 0 Å². The number of fused-ring (bicyclic) bond motifs is 3. The number of benzene rings is 4. The molecule has 47 heavy (non-hydrogen) atoms. The van der Waals surface area contributed by atoms with Crippen LogP contribution in [-0.4, -0.2) is 33.6 Å². The van der Waals surface area contributed by atoms with Crippen molar-refractivity contribution >= 4 is 21.8 Å². The van der Waals surface area contributed by atoms with Crippen LogP contribution in [0, 0.1) is 46.8 Å². The number of aryl methyl sites for hydroxylation is 4. The molecule has 0 fully saturated rings. The second kappa shape index (κ2) is 12.7. The van der Waals surface area contributed by atoms with E-state index in [0.717, 1.165) is 84.0 Å².